The molecule has 2 aromatic heterocycles. The first-order valence-corrected chi connectivity index (χ1v) is 13.5. The summed E-state index contributed by atoms with van der Waals surface area (Å²) in [6.45, 7) is 0. The van der Waals surface area contributed by atoms with Crippen LogP contribution in [-0.4, -0.2) is 21.4 Å². The molecule has 0 saturated heterocycles. The number of fused-ring (bicyclic) bond motifs is 11. The first-order valence-electron chi connectivity index (χ1n) is 13.5. The molecule has 7 aromatic rings. The Morgan fingerprint density at radius 3 is 2.51 bits per heavy atom. The van der Waals surface area contributed by atoms with Gasteiger partial charge < -0.3 is 13.9 Å². The predicted octanol–water partition coefficient (Wildman–Crippen LogP) is 7.63. The zero-order chi connectivity index (χ0) is 26.2. The minimum atomic E-state index is 0. The maximum absolute atomic E-state index is 6.31. The second kappa shape index (κ2) is 9.29. The normalized spacial score (nSPS) is 17.3. The fourth-order valence-electron chi connectivity index (χ4n) is 6.25. The van der Waals surface area contributed by atoms with Crippen LogP contribution < -0.4 is 4.74 Å². The van der Waals surface area contributed by atoms with Gasteiger partial charge in [-0.2, -0.15) is 0 Å². The molecule has 2 atom stereocenters. The van der Waals surface area contributed by atoms with Crippen molar-refractivity contribution in [3.05, 3.63) is 132 Å². The summed E-state index contributed by atoms with van der Waals surface area (Å²) in [5.41, 5.74) is 7.36. The van der Waals surface area contributed by atoms with Gasteiger partial charge >= 0.3 is 21.1 Å². The third-order valence-corrected chi connectivity index (χ3v) is 8.02. The molecule has 0 fully saturated rings. The monoisotopic (exact) mass is 710 g/mol. The molecule has 5 nitrogen and oxygen atoms in total. The molecule has 5 aromatic carbocycles. The van der Waals surface area contributed by atoms with E-state index in [2.05, 4.69) is 77.2 Å². The molecule has 1 aliphatic heterocycles. The van der Waals surface area contributed by atoms with E-state index in [4.69, 9.17) is 19.5 Å². The molecule has 9 rings (SSSR count). The fourth-order valence-corrected chi connectivity index (χ4v) is 6.25. The molecule has 0 radical (unpaired) electrons. The van der Waals surface area contributed by atoms with Crippen LogP contribution in [0.2, 0.25) is 0 Å². The molecule has 6 heteroatoms. The van der Waals surface area contributed by atoms with E-state index < -0.39 is 0 Å². The van der Waals surface area contributed by atoms with Crippen LogP contribution >= 0.6 is 0 Å². The maximum Gasteiger partial charge on any atom is 2.00 e. The molecule has 0 amide bonds. The van der Waals surface area contributed by atoms with Gasteiger partial charge in [-0.3, -0.25) is 9.98 Å². The Labute approximate surface area is 250 Å². The van der Waals surface area contributed by atoms with Crippen LogP contribution in [0.25, 0.3) is 38.4 Å². The van der Waals surface area contributed by atoms with Gasteiger partial charge in [-0.25, -0.2) is 0 Å². The van der Waals surface area contributed by atoms with E-state index in [1.165, 1.54) is 11.1 Å². The second-order valence-corrected chi connectivity index (χ2v) is 10.4. The summed E-state index contributed by atoms with van der Waals surface area (Å²) in [6, 6.07) is 41.9. The van der Waals surface area contributed by atoms with E-state index in [0.29, 0.717) is 17.4 Å². The molecule has 2 aliphatic rings. The number of hydrogen-bond donors (Lipinski definition) is 0. The van der Waals surface area contributed by atoms with Crippen molar-refractivity contribution in [3.8, 4) is 11.5 Å². The van der Waals surface area contributed by atoms with E-state index in [-0.39, 0.29) is 33.2 Å². The number of pyridine rings is 1. The third-order valence-electron chi connectivity index (χ3n) is 8.02. The van der Waals surface area contributed by atoms with Crippen LogP contribution in [0.15, 0.2) is 108 Å². The van der Waals surface area contributed by atoms with Crippen molar-refractivity contribution in [1.82, 2.24) is 9.38 Å². The summed E-state index contributed by atoms with van der Waals surface area (Å²) in [5.74, 6) is 1.81. The molecular formula is C35H21N3O2Pt. The van der Waals surface area contributed by atoms with Gasteiger partial charge in [0.25, 0.3) is 0 Å². The van der Waals surface area contributed by atoms with Gasteiger partial charge in [-0.1, -0.05) is 89.1 Å². The summed E-state index contributed by atoms with van der Waals surface area (Å²) < 4.78 is 14.8. The molecule has 0 saturated carbocycles. The quantitative estimate of drug-likeness (QED) is 0.140. The summed E-state index contributed by atoms with van der Waals surface area (Å²) in [7, 11) is 0. The molecule has 1 aliphatic carbocycles. The molecule has 0 unspecified atom stereocenters. The predicted molar refractivity (Wildman–Crippen MR) is 156 cm³/mol. The first-order chi connectivity index (χ1) is 19.8. The summed E-state index contributed by atoms with van der Waals surface area (Å²) in [6.07, 6.45) is 0.920. The SMILES string of the molecule is [Pt+2].[c-]1c(Oc2[c-]c3c(cc2)c2ccccc2n2c4ccccc4nc32)cccc1C1=N[C@H]2c3ccccc3C[C@H]2O1. The topological polar surface area (TPSA) is 48.1 Å². The van der Waals surface area contributed by atoms with E-state index >= 15 is 0 Å². The average molecular weight is 711 g/mol. The zero-order valence-electron chi connectivity index (χ0n) is 21.7. The van der Waals surface area contributed by atoms with Gasteiger partial charge in [0.1, 0.15) is 18.0 Å². The van der Waals surface area contributed by atoms with Crippen molar-refractivity contribution in [2.24, 2.45) is 4.99 Å². The Bertz CT molecular complexity index is 2180. The van der Waals surface area contributed by atoms with Crippen molar-refractivity contribution in [3.63, 3.8) is 0 Å². The smallest absolute Gasteiger partial charge is 0.514 e. The van der Waals surface area contributed by atoms with Crippen molar-refractivity contribution >= 4 is 44.3 Å². The summed E-state index contributed by atoms with van der Waals surface area (Å²) >= 11 is 0. The molecular weight excluding hydrogens is 689 g/mol. The van der Waals surface area contributed by atoms with Crippen LogP contribution in [0, 0.1) is 12.1 Å². The number of aromatic nitrogens is 2. The number of aliphatic imine (C=N–C) groups is 1. The Balaban J connectivity index is 0.00000256. The van der Waals surface area contributed by atoms with Crippen molar-refractivity contribution in [2.45, 2.75) is 18.6 Å². The number of para-hydroxylation sites is 3. The van der Waals surface area contributed by atoms with Gasteiger partial charge in [0.15, 0.2) is 0 Å². The Kier molecular flexibility index (Phi) is 5.51. The van der Waals surface area contributed by atoms with Gasteiger partial charge in [-0.05, 0) is 34.7 Å². The average Bonchev–Trinajstić information content (AvgIpc) is 3.69. The van der Waals surface area contributed by atoms with Crippen LogP contribution in [0.4, 0.5) is 0 Å². The molecule has 0 spiro atoms. The van der Waals surface area contributed by atoms with Gasteiger partial charge in [0.2, 0.25) is 0 Å². The van der Waals surface area contributed by atoms with E-state index in [1.807, 2.05) is 42.5 Å². The van der Waals surface area contributed by atoms with Crippen molar-refractivity contribution in [1.29, 1.82) is 0 Å². The molecule has 0 bridgehead atoms. The van der Waals surface area contributed by atoms with Crippen LogP contribution in [0.5, 0.6) is 11.5 Å². The van der Waals surface area contributed by atoms with Gasteiger partial charge in [0.05, 0.1) is 16.7 Å². The third kappa shape index (κ3) is 3.73. The Morgan fingerprint density at radius 1 is 0.756 bits per heavy atom. The summed E-state index contributed by atoms with van der Waals surface area (Å²) in [5, 5.41) is 3.15. The number of imidazole rings is 1. The number of ether oxygens (including phenoxy) is 2. The Hall–Kier alpha value is -4.47. The fraction of sp³-hybridized carbons (Fsp3) is 0.0857. The van der Waals surface area contributed by atoms with E-state index in [1.54, 1.807) is 0 Å². The number of nitrogens with zero attached hydrogens (tertiary/aromatic N) is 3. The van der Waals surface area contributed by atoms with Crippen LogP contribution in [-0.2, 0) is 32.2 Å². The number of hydrogen-bond acceptors (Lipinski definition) is 4. The molecule has 41 heavy (non-hydrogen) atoms. The summed E-state index contributed by atoms with van der Waals surface area (Å²) in [4.78, 5) is 9.91. The largest absolute Gasteiger partial charge is 2.00 e. The van der Waals surface area contributed by atoms with Gasteiger partial charge in [0, 0.05) is 23.4 Å². The van der Waals surface area contributed by atoms with Crippen molar-refractivity contribution < 1.29 is 30.5 Å². The molecule has 198 valence electrons. The number of benzene rings is 5. The second-order valence-electron chi connectivity index (χ2n) is 10.4. The molecule has 3 heterocycles. The Morgan fingerprint density at radius 2 is 1.56 bits per heavy atom. The van der Waals surface area contributed by atoms with Gasteiger partial charge in [-0.15, -0.1) is 24.3 Å². The van der Waals surface area contributed by atoms with Crippen molar-refractivity contribution in [2.75, 3.05) is 0 Å². The van der Waals surface area contributed by atoms with Crippen LogP contribution in [0.3, 0.4) is 0 Å². The number of rotatable bonds is 3. The minimum Gasteiger partial charge on any atom is -0.514 e. The maximum atomic E-state index is 6.31. The first kappa shape index (κ1) is 24.3. The zero-order valence-corrected chi connectivity index (χ0v) is 23.9. The van der Waals surface area contributed by atoms with E-state index in [0.717, 1.165) is 50.3 Å². The minimum absolute atomic E-state index is 0. The van der Waals surface area contributed by atoms with E-state index in [9.17, 15) is 0 Å². The molecule has 0 N–H and O–H groups in total. The van der Waals surface area contributed by atoms with Crippen LogP contribution in [0.1, 0.15) is 22.7 Å². The standard InChI is InChI=1S/C35H21N3O2.Pt/c1-2-11-25-21(8-1)19-32-33(25)37-35(40-32)22-9-7-10-23(18-22)39-24-16-17-26-27-12-3-5-14-30(27)38-31-15-6-4-13-29(31)36-34(38)28(26)20-24;/h1-17,32-33H,19H2;/q-2;+2/t32-,33+;/m1./s1.